The summed E-state index contributed by atoms with van der Waals surface area (Å²) in [4.78, 5) is 29.3. The maximum atomic E-state index is 12.2. The van der Waals surface area contributed by atoms with E-state index in [0.29, 0.717) is 38.9 Å². The number of esters is 2. The molecule has 1 saturated heterocycles. The first-order valence-corrected chi connectivity index (χ1v) is 13.1. The minimum atomic E-state index is -0.847. The van der Waals surface area contributed by atoms with Crippen molar-refractivity contribution in [1.29, 1.82) is 0 Å². The van der Waals surface area contributed by atoms with Crippen LogP contribution in [0.2, 0.25) is 0 Å². The number of cyclic esters (lactones) is 1. The molecule has 0 aromatic carbocycles. The van der Waals surface area contributed by atoms with Crippen molar-refractivity contribution < 1.29 is 19.1 Å². The SMILES string of the molecule is CCCCCCCCCCCC(=O)OCCC[C@@H]1C(=O)OC[C@@H]1CC1(Cl)C(Cl)N=CN1C. The Hall–Kier alpha value is -1.01. The van der Waals surface area contributed by atoms with E-state index in [2.05, 4.69) is 11.9 Å². The molecule has 2 rings (SSSR count). The number of carbonyl (C=O) groups excluding carboxylic acids is 2. The molecule has 0 aliphatic carbocycles. The first-order valence-electron chi connectivity index (χ1n) is 12.3. The maximum Gasteiger partial charge on any atom is 0.309 e. The van der Waals surface area contributed by atoms with Gasteiger partial charge in [-0.15, -0.1) is 0 Å². The van der Waals surface area contributed by atoms with Crippen molar-refractivity contribution in [3.05, 3.63) is 0 Å². The number of carbonyl (C=O) groups is 2. The third-order valence-corrected chi connectivity index (χ3v) is 7.80. The van der Waals surface area contributed by atoms with E-state index in [9.17, 15) is 9.59 Å². The van der Waals surface area contributed by atoms with Gasteiger partial charge in [-0.3, -0.25) is 14.6 Å². The minimum Gasteiger partial charge on any atom is -0.466 e. The molecule has 0 radical (unpaired) electrons. The highest BCUT2D eigenvalue weighted by atomic mass is 35.5. The van der Waals surface area contributed by atoms with Crippen LogP contribution < -0.4 is 0 Å². The van der Waals surface area contributed by atoms with Crippen molar-refractivity contribution in [3.63, 3.8) is 0 Å². The fraction of sp³-hybridized carbons (Fsp3) is 0.875. The Kier molecular flexibility index (Phi) is 12.2. The topological polar surface area (TPSA) is 68.2 Å². The van der Waals surface area contributed by atoms with Gasteiger partial charge in [0.1, 0.15) is 0 Å². The number of aliphatic imine (C=N–C) groups is 1. The Morgan fingerprint density at radius 3 is 2.47 bits per heavy atom. The van der Waals surface area contributed by atoms with E-state index in [1.54, 1.807) is 11.2 Å². The Bertz CT molecular complexity index is 605. The van der Waals surface area contributed by atoms with E-state index in [0.717, 1.165) is 12.8 Å². The zero-order chi connectivity index (χ0) is 23.4. The predicted octanol–water partition coefficient (Wildman–Crippen LogP) is 5.88. The summed E-state index contributed by atoms with van der Waals surface area (Å²) in [6, 6.07) is 0. The van der Waals surface area contributed by atoms with Gasteiger partial charge in [0.05, 0.1) is 25.5 Å². The van der Waals surface area contributed by atoms with Gasteiger partial charge in [-0.1, -0.05) is 81.5 Å². The lowest BCUT2D eigenvalue weighted by molar-refractivity contribution is -0.144. The molecular formula is C24H40Cl2N2O4. The van der Waals surface area contributed by atoms with Crippen LogP contribution in [0.4, 0.5) is 0 Å². The fourth-order valence-corrected chi connectivity index (χ4v) is 5.04. The monoisotopic (exact) mass is 490 g/mol. The third kappa shape index (κ3) is 8.40. The van der Waals surface area contributed by atoms with Gasteiger partial charge in [0, 0.05) is 19.4 Å². The molecule has 0 saturated carbocycles. The highest BCUT2D eigenvalue weighted by molar-refractivity contribution is 6.33. The average Bonchev–Trinajstić information content (AvgIpc) is 3.23. The number of hydrogen-bond acceptors (Lipinski definition) is 6. The summed E-state index contributed by atoms with van der Waals surface area (Å²) in [6.07, 6.45) is 14.9. The van der Waals surface area contributed by atoms with Gasteiger partial charge in [0.15, 0.2) is 10.5 Å². The molecule has 0 amide bonds. The summed E-state index contributed by atoms with van der Waals surface area (Å²) < 4.78 is 10.7. The Balaban J connectivity index is 1.56. The lowest BCUT2D eigenvalue weighted by Crippen LogP contribution is -2.45. The predicted molar refractivity (Wildman–Crippen MR) is 129 cm³/mol. The molecule has 184 valence electrons. The van der Waals surface area contributed by atoms with Gasteiger partial charge in [-0.25, -0.2) is 0 Å². The molecule has 2 aliphatic heterocycles. The lowest BCUT2D eigenvalue weighted by atomic mass is 9.86. The van der Waals surface area contributed by atoms with E-state index in [-0.39, 0.29) is 23.8 Å². The summed E-state index contributed by atoms with van der Waals surface area (Å²) >= 11 is 13.0. The number of likely N-dealkylation sites (N-methyl/N-ethyl adjacent to an activating group) is 1. The number of unbranched alkanes of at least 4 members (excludes halogenated alkanes) is 8. The van der Waals surface area contributed by atoms with Crippen LogP contribution in [0.15, 0.2) is 4.99 Å². The van der Waals surface area contributed by atoms with E-state index < -0.39 is 10.5 Å². The van der Waals surface area contributed by atoms with Gasteiger partial charge in [-0.2, -0.15) is 0 Å². The van der Waals surface area contributed by atoms with Gasteiger partial charge < -0.3 is 14.4 Å². The highest BCUT2D eigenvalue weighted by Crippen LogP contribution is 2.42. The molecule has 32 heavy (non-hydrogen) atoms. The summed E-state index contributed by atoms with van der Waals surface area (Å²) in [6.45, 7) is 2.91. The van der Waals surface area contributed by atoms with Crippen LogP contribution in [0.25, 0.3) is 0 Å². The molecule has 2 aliphatic rings. The fourth-order valence-electron chi connectivity index (χ4n) is 4.45. The quantitative estimate of drug-likeness (QED) is 0.117. The van der Waals surface area contributed by atoms with E-state index in [1.165, 1.54) is 44.9 Å². The van der Waals surface area contributed by atoms with Crippen LogP contribution in [0.3, 0.4) is 0 Å². The van der Waals surface area contributed by atoms with Crippen LogP contribution >= 0.6 is 23.2 Å². The normalized spacial score (nSPS) is 27.2. The number of alkyl halides is 2. The van der Waals surface area contributed by atoms with E-state index >= 15 is 0 Å². The van der Waals surface area contributed by atoms with Crippen molar-refractivity contribution in [1.82, 2.24) is 4.90 Å². The number of nitrogens with zero attached hydrogens (tertiary/aromatic N) is 2. The second-order valence-electron chi connectivity index (χ2n) is 9.17. The largest absolute Gasteiger partial charge is 0.466 e. The molecule has 2 heterocycles. The van der Waals surface area contributed by atoms with Crippen molar-refractivity contribution >= 4 is 41.5 Å². The Labute approximate surface area is 203 Å². The van der Waals surface area contributed by atoms with Gasteiger partial charge >= 0.3 is 11.9 Å². The van der Waals surface area contributed by atoms with Crippen molar-refractivity contribution in [3.8, 4) is 0 Å². The Morgan fingerprint density at radius 2 is 1.84 bits per heavy atom. The van der Waals surface area contributed by atoms with Crippen LogP contribution in [0, 0.1) is 11.8 Å². The molecule has 0 aromatic rings. The van der Waals surface area contributed by atoms with Gasteiger partial charge in [0.2, 0.25) is 0 Å². The third-order valence-electron chi connectivity index (χ3n) is 6.59. The van der Waals surface area contributed by atoms with Crippen molar-refractivity contribution in [2.24, 2.45) is 16.8 Å². The van der Waals surface area contributed by atoms with Crippen LogP contribution in [-0.2, 0) is 19.1 Å². The number of hydrogen-bond donors (Lipinski definition) is 0. The van der Waals surface area contributed by atoms with Crippen molar-refractivity contribution in [2.75, 3.05) is 20.3 Å². The van der Waals surface area contributed by atoms with Crippen LogP contribution in [0.5, 0.6) is 0 Å². The molecule has 6 nitrogen and oxygen atoms in total. The number of halogens is 2. The molecule has 8 heteroatoms. The molecule has 2 unspecified atom stereocenters. The molecule has 0 N–H and O–H groups in total. The molecule has 4 atom stereocenters. The van der Waals surface area contributed by atoms with Crippen LogP contribution in [-0.4, -0.2) is 53.9 Å². The second-order valence-corrected chi connectivity index (χ2v) is 10.2. The number of rotatable bonds is 16. The molecule has 0 bridgehead atoms. The average molecular weight is 492 g/mol. The summed E-state index contributed by atoms with van der Waals surface area (Å²) in [5, 5.41) is 0. The zero-order valence-electron chi connectivity index (χ0n) is 19.7. The molecular weight excluding hydrogens is 451 g/mol. The minimum absolute atomic E-state index is 0.0249. The summed E-state index contributed by atoms with van der Waals surface area (Å²) in [7, 11) is 1.83. The first-order chi connectivity index (χ1) is 15.4. The number of ether oxygens (including phenoxy) is 2. The van der Waals surface area contributed by atoms with E-state index in [4.69, 9.17) is 32.7 Å². The molecule has 0 spiro atoms. The zero-order valence-corrected chi connectivity index (χ0v) is 21.2. The summed E-state index contributed by atoms with van der Waals surface area (Å²) in [5.74, 6) is -0.625. The maximum absolute atomic E-state index is 12.2. The Morgan fingerprint density at radius 1 is 1.19 bits per heavy atom. The lowest BCUT2D eigenvalue weighted by Gasteiger charge is -2.34. The molecule has 0 aromatic heterocycles. The van der Waals surface area contributed by atoms with Gasteiger partial charge in [-0.05, 0) is 25.7 Å². The first kappa shape index (κ1) is 27.2. The van der Waals surface area contributed by atoms with Gasteiger partial charge in [0.25, 0.3) is 0 Å². The highest BCUT2D eigenvalue weighted by Gasteiger charge is 2.48. The standard InChI is InChI=1S/C24H40Cl2N2O4/c1-3-4-5-6-7-8-9-10-11-14-21(29)31-15-12-13-20-19(17-32-22(20)30)16-24(26)23(25)27-18-28(24)2/h18-20,23H,3-17H2,1-2H3/t19-,20-,23?,24?/m0/s1. The smallest absolute Gasteiger partial charge is 0.309 e. The van der Waals surface area contributed by atoms with Crippen LogP contribution in [0.1, 0.15) is 90.4 Å². The molecule has 1 fully saturated rings. The van der Waals surface area contributed by atoms with Crippen molar-refractivity contribution in [2.45, 2.75) is 101 Å². The van der Waals surface area contributed by atoms with E-state index in [1.807, 2.05) is 7.05 Å². The summed E-state index contributed by atoms with van der Waals surface area (Å²) in [5.41, 5.74) is -0.562. The second kappa shape index (κ2) is 14.3.